The smallest absolute Gasteiger partial charge is 0.395 e. The van der Waals surface area contributed by atoms with Crippen LogP contribution >= 0.6 is 0 Å². The zero-order chi connectivity index (χ0) is 29.6. The number of aliphatic hydroxyl groups excluding tert-OH is 1. The molecule has 12 heteroatoms. The van der Waals surface area contributed by atoms with Crippen molar-refractivity contribution in [3.63, 3.8) is 0 Å². The molecular formula is C28H32F7N3O2. The number of nitrogens with zero attached hydrogens (tertiary/aromatic N) is 2. The van der Waals surface area contributed by atoms with Gasteiger partial charge in [0.15, 0.2) is 0 Å². The van der Waals surface area contributed by atoms with Crippen LogP contribution in [0.25, 0.3) is 0 Å². The first-order valence-corrected chi connectivity index (χ1v) is 13.0. The molecule has 2 aromatic rings. The highest BCUT2D eigenvalue weighted by Crippen LogP contribution is 2.44. The van der Waals surface area contributed by atoms with Crippen LogP contribution in [0.2, 0.25) is 0 Å². The molecule has 0 aromatic heterocycles. The van der Waals surface area contributed by atoms with E-state index in [1.807, 2.05) is 0 Å². The molecule has 0 bridgehead atoms. The third-order valence-corrected chi connectivity index (χ3v) is 8.31. The number of rotatable bonds is 4. The normalized spacial score (nSPS) is 24.4. The van der Waals surface area contributed by atoms with Crippen LogP contribution in [-0.2, 0) is 12.4 Å². The van der Waals surface area contributed by atoms with Crippen molar-refractivity contribution in [2.75, 3.05) is 20.2 Å². The third-order valence-electron chi connectivity index (χ3n) is 8.31. The molecule has 2 fully saturated rings. The number of aliphatic hydroxyl groups is 1. The molecule has 2 saturated heterocycles. The van der Waals surface area contributed by atoms with Crippen LogP contribution in [0, 0.1) is 12.7 Å². The second kappa shape index (κ2) is 10.8. The van der Waals surface area contributed by atoms with Gasteiger partial charge in [-0.1, -0.05) is 6.07 Å². The van der Waals surface area contributed by atoms with Gasteiger partial charge < -0.3 is 20.2 Å². The number of nitrogens with one attached hydrogen (secondary N) is 1. The molecule has 4 atom stereocenters. The van der Waals surface area contributed by atoms with Crippen molar-refractivity contribution in [3.8, 4) is 0 Å². The molecule has 0 radical (unpaired) electrons. The Kier molecular flexibility index (Phi) is 8.16. The maximum Gasteiger partial charge on any atom is 0.416 e. The number of aryl methyl sites for hydroxylation is 1. The van der Waals surface area contributed by atoms with Crippen molar-refractivity contribution < 1.29 is 40.6 Å². The van der Waals surface area contributed by atoms with Crippen LogP contribution in [0.3, 0.4) is 0 Å². The van der Waals surface area contributed by atoms with Gasteiger partial charge in [-0.05, 0) is 86.6 Å². The number of benzene rings is 2. The Bertz CT molecular complexity index is 1220. The quantitative estimate of drug-likeness (QED) is 0.404. The number of likely N-dealkylation sites (tertiary alicyclic amines) is 1. The molecule has 2 aliphatic heterocycles. The fourth-order valence-electron chi connectivity index (χ4n) is 5.93. The van der Waals surface area contributed by atoms with Crippen LogP contribution in [0.15, 0.2) is 36.4 Å². The Balaban J connectivity index is 1.67. The van der Waals surface area contributed by atoms with Crippen molar-refractivity contribution in [1.29, 1.82) is 0 Å². The number of carbonyl (C=O) groups excluding carboxylic acids is 1. The number of piperidine rings is 1. The lowest BCUT2D eigenvalue weighted by atomic mass is 9.79. The fraction of sp³-hybridized carbons (Fsp3) is 0.536. The first kappa shape index (κ1) is 30.1. The van der Waals surface area contributed by atoms with Crippen LogP contribution in [0.4, 0.5) is 35.5 Å². The summed E-state index contributed by atoms with van der Waals surface area (Å²) in [4.78, 5) is 16.5. The van der Waals surface area contributed by atoms with Gasteiger partial charge in [-0.15, -0.1) is 0 Å². The van der Waals surface area contributed by atoms with Gasteiger partial charge in [-0.25, -0.2) is 9.18 Å². The molecule has 3 unspecified atom stereocenters. The molecule has 2 amide bonds. The van der Waals surface area contributed by atoms with Crippen LogP contribution in [0.5, 0.6) is 0 Å². The van der Waals surface area contributed by atoms with Crippen LogP contribution in [0.1, 0.15) is 72.5 Å². The monoisotopic (exact) mass is 575 g/mol. The van der Waals surface area contributed by atoms with Gasteiger partial charge in [0.1, 0.15) is 5.82 Å². The highest BCUT2D eigenvalue weighted by Gasteiger charge is 2.47. The van der Waals surface area contributed by atoms with E-state index in [9.17, 15) is 40.6 Å². The van der Waals surface area contributed by atoms with Gasteiger partial charge in [0.2, 0.25) is 0 Å². The summed E-state index contributed by atoms with van der Waals surface area (Å²) < 4.78 is 94.6. The second-order valence-corrected chi connectivity index (χ2v) is 10.9. The summed E-state index contributed by atoms with van der Waals surface area (Å²) in [6, 6.07) is 3.25. The highest BCUT2D eigenvalue weighted by atomic mass is 19.4. The molecule has 2 heterocycles. The van der Waals surface area contributed by atoms with Crippen molar-refractivity contribution in [1.82, 2.24) is 15.1 Å². The standard InChI is InChI=1S/C28H32F7N3O2/c1-16-10-21(29)4-5-23(16)24-14-26(7-6-22(15-39)36-26)8-9-38(24)25(40)37(3)17(2)18-11-19(27(30,31)32)13-20(12-18)28(33,34)35/h4-5,10-13,17,22,24,36,39H,6-9,14-15H2,1-3H3/t17-,22?,24?,26?/m1/s1. The predicted octanol–water partition coefficient (Wildman–Crippen LogP) is 6.60. The van der Waals surface area contributed by atoms with Gasteiger partial charge in [0, 0.05) is 25.2 Å². The summed E-state index contributed by atoms with van der Waals surface area (Å²) in [5.41, 5.74) is -2.26. The topological polar surface area (TPSA) is 55.8 Å². The van der Waals surface area contributed by atoms with Crippen LogP contribution < -0.4 is 5.32 Å². The molecule has 40 heavy (non-hydrogen) atoms. The summed E-state index contributed by atoms with van der Waals surface area (Å²) in [7, 11) is 1.34. The summed E-state index contributed by atoms with van der Waals surface area (Å²) in [6.07, 6.45) is -7.53. The van der Waals surface area contributed by atoms with E-state index >= 15 is 0 Å². The van der Waals surface area contributed by atoms with E-state index in [1.165, 1.54) is 26.1 Å². The van der Waals surface area contributed by atoms with Crippen molar-refractivity contribution in [3.05, 3.63) is 70.0 Å². The number of halogens is 7. The SMILES string of the molecule is Cc1cc(F)ccc1C1CC2(CCC(CO)N2)CCN1C(=O)N(C)[C@H](C)c1cc(C(F)(F)F)cc(C(F)(F)F)c1. The summed E-state index contributed by atoms with van der Waals surface area (Å²) >= 11 is 0. The first-order chi connectivity index (χ1) is 18.5. The van der Waals surface area contributed by atoms with E-state index < -0.39 is 47.4 Å². The number of urea groups is 1. The molecular weight excluding hydrogens is 543 g/mol. The largest absolute Gasteiger partial charge is 0.416 e. The number of amides is 2. The molecule has 0 aliphatic carbocycles. The Morgan fingerprint density at radius 2 is 1.73 bits per heavy atom. The molecule has 1 spiro atoms. The molecule has 0 saturated carbocycles. The van der Waals surface area contributed by atoms with Gasteiger partial charge in [0.05, 0.1) is 29.8 Å². The van der Waals surface area contributed by atoms with Gasteiger partial charge >= 0.3 is 18.4 Å². The Hall–Kier alpha value is -2.86. The van der Waals surface area contributed by atoms with E-state index in [2.05, 4.69) is 5.32 Å². The average Bonchev–Trinajstić information content (AvgIpc) is 3.28. The minimum Gasteiger partial charge on any atom is -0.395 e. The fourth-order valence-corrected chi connectivity index (χ4v) is 5.93. The second-order valence-electron chi connectivity index (χ2n) is 10.9. The summed E-state index contributed by atoms with van der Waals surface area (Å²) in [6.45, 7) is 3.30. The Morgan fingerprint density at radius 3 is 2.25 bits per heavy atom. The zero-order valence-corrected chi connectivity index (χ0v) is 22.3. The lowest BCUT2D eigenvalue weighted by molar-refractivity contribution is -0.143. The minimum atomic E-state index is -5.01. The summed E-state index contributed by atoms with van der Waals surface area (Å²) in [5.74, 6) is -0.445. The van der Waals surface area contributed by atoms with E-state index in [-0.39, 0.29) is 36.4 Å². The number of alkyl halides is 6. The molecule has 5 nitrogen and oxygen atoms in total. The molecule has 2 aromatic carbocycles. The van der Waals surface area contributed by atoms with E-state index in [0.29, 0.717) is 36.1 Å². The van der Waals surface area contributed by atoms with E-state index in [0.717, 1.165) is 17.7 Å². The number of hydrogen-bond donors (Lipinski definition) is 2. The predicted molar refractivity (Wildman–Crippen MR) is 134 cm³/mol. The van der Waals surface area contributed by atoms with Crippen LogP contribution in [-0.4, -0.2) is 52.7 Å². The third kappa shape index (κ3) is 6.07. The number of carbonyl (C=O) groups is 1. The van der Waals surface area contributed by atoms with Crippen molar-refractivity contribution in [2.24, 2.45) is 0 Å². The van der Waals surface area contributed by atoms with E-state index in [1.54, 1.807) is 17.9 Å². The lowest BCUT2D eigenvalue weighted by Gasteiger charge is -2.47. The molecule has 2 aliphatic rings. The molecule has 2 N–H and O–H groups in total. The summed E-state index contributed by atoms with van der Waals surface area (Å²) in [5, 5.41) is 13.1. The lowest BCUT2D eigenvalue weighted by Crippen LogP contribution is -2.56. The minimum absolute atomic E-state index is 0.0399. The molecule has 4 rings (SSSR count). The highest BCUT2D eigenvalue weighted by molar-refractivity contribution is 5.75. The first-order valence-electron chi connectivity index (χ1n) is 13.0. The maximum atomic E-state index is 13.9. The van der Waals surface area contributed by atoms with Gasteiger partial charge in [0.25, 0.3) is 0 Å². The maximum absolute atomic E-state index is 13.9. The average molecular weight is 576 g/mol. The zero-order valence-electron chi connectivity index (χ0n) is 22.3. The van der Waals surface area contributed by atoms with Gasteiger partial charge in [-0.3, -0.25) is 0 Å². The van der Waals surface area contributed by atoms with Crippen molar-refractivity contribution >= 4 is 6.03 Å². The molecule has 220 valence electrons. The van der Waals surface area contributed by atoms with Crippen molar-refractivity contribution in [2.45, 2.75) is 75.5 Å². The van der Waals surface area contributed by atoms with Gasteiger partial charge in [-0.2, -0.15) is 26.3 Å². The number of hydrogen-bond acceptors (Lipinski definition) is 3. The Morgan fingerprint density at radius 1 is 1.10 bits per heavy atom. The van der Waals surface area contributed by atoms with E-state index in [4.69, 9.17) is 0 Å². The Labute approximate surface area is 227 Å².